The van der Waals surface area contributed by atoms with Crippen molar-refractivity contribution in [1.82, 2.24) is 0 Å². The highest BCUT2D eigenvalue weighted by molar-refractivity contribution is 5.94. The lowest BCUT2D eigenvalue weighted by atomic mass is 9.87. The summed E-state index contributed by atoms with van der Waals surface area (Å²) >= 11 is 0. The maximum Gasteiger partial charge on any atom is 0.0345 e. The molecule has 0 fully saturated rings. The Hall–Kier alpha value is -1.63. The van der Waals surface area contributed by atoms with Crippen molar-refractivity contribution in [2.75, 3.05) is 0 Å². The zero-order chi connectivity index (χ0) is 13.3. The van der Waals surface area contributed by atoms with Gasteiger partial charge in [0.1, 0.15) is 0 Å². The summed E-state index contributed by atoms with van der Waals surface area (Å²) in [5.74, 6) is 0.387. The summed E-state index contributed by atoms with van der Waals surface area (Å²) < 4.78 is 0. The minimum atomic E-state index is 0.387. The van der Waals surface area contributed by atoms with Crippen LogP contribution in [0.3, 0.4) is 0 Å². The van der Waals surface area contributed by atoms with E-state index in [1.807, 2.05) is 13.1 Å². The lowest BCUT2D eigenvalue weighted by Crippen LogP contribution is -2.06. The van der Waals surface area contributed by atoms with Crippen molar-refractivity contribution < 1.29 is 0 Å². The number of hydrogen-bond donors (Lipinski definition) is 0. The van der Waals surface area contributed by atoms with Crippen LogP contribution in [0.4, 0.5) is 0 Å². The Balaban J connectivity index is 2.71. The van der Waals surface area contributed by atoms with E-state index in [9.17, 15) is 0 Å². The van der Waals surface area contributed by atoms with Crippen molar-refractivity contribution in [3.63, 3.8) is 0 Å². The Labute approximate surface area is 110 Å². The van der Waals surface area contributed by atoms with Gasteiger partial charge in [-0.05, 0) is 55.5 Å². The monoisotopic (exact) mass is 239 g/mol. The summed E-state index contributed by atoms with van der Waals surface area (Å²) in [5.41, 5.74) is 7.80. The van der Waals surface area contributed by atoms with Crippen LogP contribution in [-0.4, -0.2) is 5.71 Å². The molecule has 1 nitrogen and oxygen atoms in total. The molecule has 2 rings (SSSR count). The van der Waals surface area contributed by atoms with E-state index in [0.29, 0.717) is 5.92 Å². The molecule has 1 unspecified atom stereocenters. The molecule has 1 aromatic carbocycles. The Morgan fingerprint density at radius 3 is 2.44 bits per heavy atom. The minimum absolute atomic E-state index is 0.387. The van der Waals surface area contributed by atoms with Crippen molar-refractivity contribution in [2.45, 2.75) is 40.5 Å². The summed E-state index contributed by atoms with van der Waals surface area (Å²) in [7, 11) is 0. The quantitative estimate of drug-likeness (QED) is 0.667. The van der Waals surface area contributed by atoms with Crippen molar-refractivity contribution in [2.24, 2.45) is 4.99 Å². The summed E-state index contributed by atoms with van der Waals surface area (Å²) in [6.07, 6.45) is 6.21. The van der Waals surface area contributed by atoms with Crippen molar-refractivity contribution in [3.8, 4) is 0 Å². The summed E-state index contributed by atoms with van der Waals surface area (Å²) in [5, 5.41) is 0. The van der Waals surface area contributed by atoms with Crippen LogP contribution in [0.15, 0.2) is 35.5 Å². The minimum Gasteiger partial charge on any atom is -0.265 e. The van der Waals surface area contributed by atoms with Gasteiger partial charge in [-0.1, -0.05) is 31.2 Å². The van der Waals surface area contributed by atoms with E-state index in [1.54, 1.807) is 0 Å². The normalized spacial score (nSPS) is 19.3. The van der Waals surface area contributed by atoms with Gasteiger partial charge in [0, 0.05) is 17.8 Å². The summed E-state index contributed by atoms with van der Waals surface area (Å²) in [4.78, 5) is 4.58. The number of aryl methyl sites for hydroxylation is 2. The van der Waals surface area contributed by atoms with E-state index in [0.717, 1.165) is 0 Å². The topological polar surface area (TPSA) is 12.4 Å². The second kappa shape index (κ2) is 4.93. The van der Waals surface area contributed by atoms with Crippen molar-refractivity contribution >= 4 is 11.3 Å². The van der Waals surface area contributed by atoms with Gasteiger partial charge >= 0.3 is 0 Å². The van der Waals surface area contributed by atoms with Crippen LogP contribution in [0.25, 0.3) is 5.57 Å². The Bertz CT molecular complexity index is 559. The van der Waals surface area contributed by atoms with Crippen LogP contribution in [-0.2, 0) is 0 Å². The predicted molar refractivity (Wildman–Crippen MR) is 80.2 cm³/mol. The predicted octanol–water partition coefficient (Wildman–Crippen LogP) is 4.80. The van der Waals surface area contributed by atoms with E-state index in [4.69, 9.17) is 0 Å². The number of fused-ring (bicyclic) bond motifs is 1. The van der Waals surface area contributed by atoms with Crippen LogP contribution < -0.4 is 0 Å². The van der Waals surface area contributed by atoms with Gasteiger partial charge in [0.15, 0.2) is 0 Å². The first kappa shape index (κ1) is 12.8. The molecule has 0 radical (unpaired) electrons. The fourth-order valence-corrected chi connectivity index (χ4v) is 2.34. The molecular formula is C17H21N. The molecule has 1 aliphatic rings. The molecule has 0 saturated carbocycles. The summed E-state index contributed by atoms with van der Waals surface area (Å²) in [6, 6.07) is 4.61. The zero-order valence-electron chi connectivity index (χ0n) is 11.9. The van der Waals surface area contributed by atoms with Crippen LogP contribution in [0.1, 0.15) is 48.9 Å². The number of aliphatic imine (C=N–C) groups is 1. The molecule has 94 valence electrons. The Kier molecular flexibility index (Phi) is 3.51. The van der Waals surface area contributed by atoms with E-state index < -0.39 is 0 Å². The molecule has 1 aliphatic heterocycles. The lowest BCUT2D eigenvalue weighted by molar-refractivity contribution is 1.00. The van der Waals surface area contributed by atoms with Gasteiger partial charge in [-0.2, -0.15) is 0 Å². The molecule has 1 heterocycles. The molecule has 1 heteroatoms. The molecule has 18 heavy (non-hydrogen) atoms. The van der Waals surface area contributed by atoms with Crippen LogP contribution in [0.2, 0.25) is 0 Å². The molecule has 1 atom stereocenters. The second-order valence-electron chi connectivity index (χ2n) is 5.10. The smallest absolute Gasteiger partial charge is 0.0345 e. The number of benzene rings is 1. The highest BCUT2D eigenvalue weighted by Gasteiger charge is 2.18. The average molecular weight is 239 g/mol. The standard InChI is InChI=1S/C17H21N/c1-6-7-15-10-18-14(5)13(4)16-8-11(2)12(3)9-17(15)16/h6-10,13H,1-5H3/b7-6+. The van der Waals surface area contributed by atoms with Gasteiger partial charge in [-0.3, -0.25) is 4.99 Å². The maximum atomic E-state index is 4.58. The molecule has 0 spiro atoms. The van der Waals surface area contributed by atoms with Gasteiger partial charge in [0.25, 0.3) is 0 Å². The lowest BCUT2D eigenvalue weighted by Gasteiger charge is -2.17. The van der Waals surface area contributed by atoms with Gasteiger partial charge in [0.05, 0.1) is 0 Å². The highest BCUT2D eigenvalue weighted by Crippen LogP contribution is 2.32. The van der Waals surface area contributed by atoms with Crippen molar-refractivity contribution in [1.29, 1.82) is 0 Å². The first-order valence-electron chi connectivity index (χ1n) is 6.53. The fourth-order valence-electron chi connectivity index (χ4n) is 2.34. The van der Waals surface area contributed by atoms with E-state index >= 15 is 0 Å². The SMILES string of the molecule is C/C=C/C1=CN=C(C)C(C)c2cc(C)c(C)cc21. The molecule has 0 amide bonds. The zero-order valence-corrected chi connectivity index (χ0v) is 11.9. The molecule has 0 aromatic heterocycles. The molecule has 0 aliphatic carbocycles. The number of nitrogens with zero attached hydrogens (tertiary/aromatic N) is 1. The van der Waals surface area contributed by atoms with Gasteiger partial charge in [-0.15, -0.1) is 0 Å². The third kappa shape index (κ3) is 2.17. The first-order chi connectivity index (χ1) is 8.54. The molecule has 0 N–H and O–H groups in total. The Morgan fingerprint density at radius 1 is 1.11 bits per heavy atom. The van der Waals surface area contributed by atoms with E-state index in [2.05, 4.69) is 57.0 Å². The highest BCUT2D eigenvalue weighted by atomic mass is 14.7. The van der Waals surface area contributed by atoms with Gasteiger partial charge < -0.3 is 0 Å². The van der Waals surface area contributed by atoms with Crippen molar-refractivity contribution in [3.05, 3.63) is 52.7 Å². The number of rotatable bonds is 1. The fraction of sp³-hybridized carbons (Fsp3) is 0.353. The Morgan fingerprint density at radius 2 is 1.78 bits per heavy atom. The van der Waals surface area contributed by atoms with E-state index in [1.165, 1.54) is 33.5 Å². The van der Waals surface area contributed by atoms with Crippen LogP contribution in [0, 0.1) is 13.8 Å². The van der Waals surface area contributed by atoms with Gasteiger partial charge in [0.2, 0.25) is 0 Å². The maximum absolute atomic E-state index is 4.58. The van der Waals surface area contributed by atoms with Crippen LogP contribution in [0.5, 0.6) is 0 Å². The third-order valence-electron chi connectivity index (χ3n) is 3.82. The molecule has 0 bridgehead atoms. The molecule has 1 aromatic rings. The van der Waals surface area contributed by atoms with Gasteiger partial charge in [-0.25, -0.2) is 0 Å². The third-order valence-corrected chi connectivity index (χ3v) is 3.82. The second-order valence-corrected chi connectivity index (χ2v) is 5.10. The largest absolute Gasteiger partial charge is 0.265 e. The number of allylic oxidation sites excluding steroid dienone is 3. The van der Waals surface area contributed by atoms with E-state index in [-0.39, 0.29) is 0 Å². The molecular weight excluding hydrogens is 218 g/mol. The van der Waals surface area contributed by atoms with Crippen LogP contribution >= 0.6 is 0 Å². The number of hydrogen-bond acceptors (Lipinski definition) is 1. The average Bonchev–Trinajstić information content (AvgIpc) is 2.44. The molecule has 0 saturated heterocycles. The summed E-state index contributed by atoms with van der Waals surface area (Å²) in [6.45, 7) is 10.7. The first-order valence-corrected chi connectivity index (χ1v) is 6.53.